The van der Waals surface area contributed by atoms with Crippen LogP contribution in [0.4, 0.5) is 4.39 Å². The maximum atomic E-state index is 12.9. The molecule has 1 aliphatic rings. The first-order valence-corrected chi connectivity index (χ1v) is 5.00. The maximum absolute atomic E-state index is 12.9. The van der Waals surface area contributed by atoms with Crippen molar-refractivity contribution >= 4 is 6.08 Å². The van der Waals surface area contributed by atoms with Crippen molar-refractivity contribution in [1.29, 1.82) is 0 Å². The van der Waals surface area contributed by atoms with Gasteiger partial charge in [-0.3, -0.25) is 0 Å². The van der Waals surface area contributed by atoms with Crippen molar-refractivity contribution in [2.24, 2.45) is 0 Å². The van der Waals surface area contributed by atoms with Crippen molar-refractivity contribution in [3.05, 3.63) is 41.2 Å². The van der Waals surface area contributed by atoms with E-state index >= 15 is 0 Å². The molecule has 0 spiro atoms. The second-order valence-corrected chi connectivity index (χ2v) is 3.64. The Hall–Kier alpha value is -1.15. The average molecular weight is 191 g/mol. The van der Waals surface area contributed by atoms with Crippen LogP contribution in [0.5, 0.6) is 0 Å². The van der Waals surface area contributed by atoms with Gasteiger partial charge in [-0.05, 0) is 37.1 Å². The van der Waals surface area contributed by atoms with E-state index in [-0.39, 0.29) is 5.82 Å². The van der Waals surface area contributed by atoms with Gasteiger partial charge in [-0.15, -0.1) is 0 Å². The lowest BCUT2D eigenvalue weighted by molar-refractivity contribution is 0.612. The summed E-state index contributed by atoms with van der Waals surface area (Å²) in [6, 6.07) is 6.73. The highest BCUT2D eigenvalue weighted by Gasteiger charge is 2.03. The zero-order valence-corrected chi connectivity index (χ0v) is 8.09. The van der Waals surface area contributed by atoms with E-state index in [0.29, 0.717) is 0 Å². The summed E-state index contributed by atoms with van der Waals surface area (Å²) in [6.45, 7) is 2.04. The second kappa shape index (κ2) is 4.38. The molecule has 14 heavy (non-hydrogen) atoms. The zero-order valence-electron chi connectivity index (χ0n) is 8.09. The number of halogens is 1. The SMILES string of the molecule is Fc1cccc(/C=C2/CCCNC2)c1. The van der Waals surface area contributed by atoms with Gasteiger partial charge >= 0.3 is 0 Å². The predicted octanol–water partition coefficient (Wildman–Crippen LogP) is 2.59. The van der Waals surface area contributed by atoms with E-state index in [0.717, 1.165) is 25.1 Å². The first-order valence-electron chi connectivity index (χ1n) is 5.00. The summed E-state index contributed by atoms with van der Waals surface area (Å²) < 4.78 is 12.9. The lowest BCUT2D eigenvalue weighted by atomic mass is 10.0. The van der Waals surface area contributed by atoms with Crippen LogP contribution in [0.15, 0.2) is 29.8 Å². The lowest BCUT2D eigenvalue weighted by Crippen LogP contribution is -2.23. The van der Waals surface area contributed by atoms with Crippen LogP contribution in [-0.2, 0) is 0 Å². The molecule has 1 saturated heterocycles. The van der Waals surface area contributed by atoms with E-state index in [1.165, 1.54) is 18.1 Å². The van der Waals surface area contributed by atoms with E-state index < -0.39 is 0 Å². The average Bonchev–Trinajstić information content (AvgIpc) is 2.19. The number of rotatable bonds is 1. The summed E-state index contributed by atoms with van der Waals surface area (Å²) in [6.07, 6.45) is 4.39. The Morgan fingerprint density at radius 3 is 3.00 bits per heavy atom. The minimum Gasteiger partial charge on any atom is -0.313 e. The number of nitrogens with one attached hydrogen (secondary N) is 1. The van der Waals surface area contributed by atoms with Crippen LogP contribution >= 0.6 is 0 Å². The van der Waals surface area contributed by atoms with Gasteiger partial charge in [0.2, 0.25) is 0 Å². The van der Waals surface area contributed by atoms with Crippen molar-refractivity contribution in [2.45, 2.75) is 12.8 Å². The molecule has 1 aromatic carbocycles. The third-order valence-electron chi connectivity index (χ3n) is 2.42. The van der Waals surface area contributed by atoms with Crippen LogP contribution in [0.1, 0.15) is 18.4 Å². The normalized spacial score (nSPS) is 19.9. The number of benzene rings is 1. The smallest absolute Gasteiger partial charge is 0.123 e. The third-order valence-corrected chi connectivity index (χ3v) is 2.42. The molecule has 0 saturated carbocycles. The fourth-order valence-electron chi connectivity index (χ4n) is 1.73. The fraction of sp³-hybridized carbons (Fsp3) is 0.333. The Balaban J connectivity index is 2.15. The molecule has 1 aromatic rings. The van der Waals surface area contributed by atoms with Crippen molar-refractivity contribution in [3.63, 3.8) is 0 Å². The van der Waals surface area contributed by atoms with Gasteiger partial charge in [-0.1, -0.05) is 23.8 Å². The van der Waals surface area contributed by atoms with E-state index in [1.54, 1.807) is 12.1 Å². The highest BCUT2D eigenvalue weighted by Crippen LogP contribution is 2.14. The van der Waals surface area contributed by atoms with Crippen LogP contribution in [0.3, 0.4) is 0 Å². The van der Waals surface area contributed by atoms with Gasteiger partial charge in [0, 0.05) is 6.54 Å². The first kappa shape index (κ1) is 9.41. The van der Waals surface area contributed by atoms with Crippen molar-refractivity contribution in [2.75, 3.05) is 13.1 Å². The molecule has 1 fully saturated rings. The summed E-state index contributed by atoms with van der Waals surface area (Å²) in [7, 11) is 0. The molecule has 1 N–H and O–H groups in total. The van der Waals surface area contributed by atoms with Crippen molar-refractivity contribution in [1.82, 2.24) is 5.32 Å². The summed E-state index contributed by atoms with van der Waals surface area (Å²) >= 11 is 0. The molecular weight excluding hydrogens is 177 g/mol. The minimum atomic E-state index is -0.164. The summed E-state index contributed by atoms with van der Waals surface area (Å²) in [4.78, 5) is 0. The second-order valence-electron chi connectivity index (χ2n) is 3.64. The first-order chi connectivity index (χ1) is 6.84. The van der Waals surface area contributed by atoms with Gasteiger partial charge in [0.15, 0.2) is 0 Å². The fourth-order valence-corrected chi connectivity index (χ4v) is 1.73. The Morgan fingerprint density at radius 1 is 1.36 bits per heavy atom. The molecule has 1 aliphatic heterocycles. The quantitative estimate of drug-likeness (QED) is 0.719. The van der Waals surface area contributed by atoms with Gasteiger partial charge in [-0.2, -0.15) is 0 Å². The van der Waals surface area contributed by atoms with E-state index in [4.69, 9.17) is 0 Å². The van der Waals surface area contributed by atoms with E-state index in [9.17, 15) is 4.39 Å². The molecule has 0 radical (unpaired) electrons. The van der Waals surface area contributed by atoms with Gasteiger partial charge in [-0.25, -0.2) is 4.39 Å². The molecule has 2 rings (SSSR count). The van der Waals surface area contributed by atoms with Crippen LogP contribution < -0.4 is 5.32 Å². The molecule has 0 bridgehead atoms. The summed E-state index contributed by atoms with van der Waals surface area (Å²) in [5.74, 6) is -0.164. The van der Waals surface area contributed by atoms with Crippen LogP contribution in [0.2, 0.25) is 0 Å². The molecule has 74 valence electrons. The van der Waals surface area contributed by atoms with Gasteiger partial charge < -0.3 is 5.32 Å². The maximum Gasteiger partial charge on any atom is 0.123 e. The van der Waals surface area contributed by atoms with Crippen molar-refractivity contribution < 1.29 is 4.39 Å². The minimum absolute atomic E-state index is 0.164. The van der Waals surface area contributed by atoms with Crippen LogP contribution in [0.25, 0.3) is 6.08 Å². The predicted molar refractivity (Wildman–Crippen MR) is 56.5 cm³/mol. The Bertz CT molecular complexity index is 336. The lowest BCUT2D eigenvalue weighted by Gasteiger charge is -2.15. The number of hydrogen-bond donors (Lipinski definition) is 1. The molecule has 0 atom stereocenters. The molecule has 0 aliphatic carbocycles. The summed E-state index contributed by atoms with van der Waals surface area (Å²) in [5, 5.41) is 3.31. The molecule has 0 aromatic heterocycles. The molecule has 2 heteroatoms. The zero-order chi connectivity index (χ0) is 9.80. The summed E-state index contributed by atoms with van der Waals surface area (Å²) in [5.41, 5.74) is 2.32. The monoisotopic (exact) mass is 191 g/mol. The Labute approximate surface area is 83.6 Å². The molecular formula is C12H14FN. The van der Waals surface area contributed by atoms with Crippen molar-refractivity contribution in [3.8, 4) is 0 Å². The Kier molecular flexibility index (Phi) is 2.94. The third kappa shape index (κ3) is 2.42. The number of piperidine rings is 1. The van der Waals surface area contributed by atoms with Gasteiger partial charge in [0.05, 0.1) is 0 Å². The standard InChI is InChI=1S/C12H14FN/c13-12-5-1-3-10(8-12)7-11-4-2-6-14-9-11/h1,3,5,7-8,14H,2,4,6,9H2/b11-7-. The molecule has 1 heterocycles. The highest BCUT2D eigenvalue weighted by molar-refractivity contribution is 5.53. The largest absolute Gasteiger partial charge is 0.313 e. The van der Waals surface area contributed by atoms with Crippen LogP contribution in [-0.4, -0.2) is 13.1 Å². The van der Waals surface area contributed by atoms with E-state index in [1.807, 2.05) is 6.07 Å². The van der Waals surface area contributed by atoms with E-state index in [2.05, 4.69) is 11.4 Å². The Morgan fingerprint density at radius 2 is 2.29 bits per heavy atom. The highest BCUT2D eigenvalue weighted by atomic mass is 19.1. The number of hydrogen-bond acceptors (Lipinski definition) is 1. The van der Waals surface area contributed by atoms with Gasteiger partial charge in [0.25, 0.3) is 0 Å². The molecule has 1 nitrogen and oxygen atoms in total. The molecule has 0 unspecified atom stereocenters. The van der Waals surface area contributed by atoms with Gasteiger partial charge in [0.1, 0.15) is 5.82 Å². The molecule has 0 amide bonds. The van der Waals surface area contributed by atoms with Crippen LogP contribution in [0, 0.1) is 5.82 Å². The topological polar surface area (TPSA) is 12.0 Å².